The van der Waals surface area contributed by atoms with Crippen molar-refractivity contribution < 1.29 is 14.2 Å². The minimum Gasteiger partial charge on any atom is -0.496 e. The number of hydrogen-bond donors (Lipinski definition) is 0. The predicted molar refractivity (Wildman–Crippen MR) is 50.8 cm³/mol. The van der Waals surface area contributed by atoms with Crippen molar-refractivity contribution in [2.75, 3.05) is 21.3 Å². The van der Waals surface area contributed by atoms with Gasteiger partial charge in [0, 0.05) is 12.1 Å². The van der Waals surface area contributed by atoms with Crippen molar-refractivity contribution in [3.8, 4) is 17.2 Å². The Kier molecular flexibility index (Phi) is 3.13. The zero-order chi connectivity index (χ0) is 10.6. The first-order valence-corrected chi connectivity index (χ1v) is 3.92. The Balaban J connectivity index is 3.34. The largest absolute Gasteiger partial charge is 0.496 e. The molecule has 0 saturated carbocycles. The van der Waals surface area contributed by atoms with Gasteiger partial charge < -0.3 is 14.2 Å². The average Bonchev–Trinajstić information content (AvgIpc) is 2.26. The van der Waals surface area contributed by atoms with E-state index >= 15 is 0 Å². The Morgan fingerprint density at radius 1 is 1.00 bits per heavy atom. The second-order valence-electron chi connectivity index (χ2n) is 2.48. The third kappa shape index (κ3) is 1.69. The highest BCUT2D eigenvalue weighted by Crippen LogP contribution is 2.40. The smallest absolute Gasteiger partial charge is 0.467 e. The molecule has 0 aliphatic carbocycles. The van der Waals surface area contributed by atoms with Crippen LogP contribution in [0.25, 0.3) is 4.98 Å². The molecule has 0 spiro atoms. The van der Waals surface area contributed by atoms with E-state index < -0.39 is 0 Å². The summed E-state index contributed by atoms with van der Waals surface area (Å²) < 4.78 is 15.0. The van der Waals surface area contributed by atoms with Crippen molar-refractivity contribution in [3.05, 3.63) is 17.1 Å². The van der Waals surface area contributed by atoms with Gasteiger partial charge in [-0.15, -0.1) is 0 Å². The zero-order valence-corrected chi connectivity index (χ0v) is 8.27. The van der Waals surface area contributed by atoms with Gasteiger partial charge in [0.1, 0.15) is 5.75 Å². The molecule has 14 heavy (non-hydrogen) atoms. The van der Waals surface area contributed by atoms with E-state index in [1.54, 1.807) is 12.1 Å². The van der Waals surface area contributed by atoms with Crippen molar-refractivity contribution in [1.29, 1.82) is 5.39 Å². The highest BCUT2D eigenvalue weighted by molar-refractivity contribution is 5.69. The molecular formula is C9H11N2O3+. The van der Waals surface area contributed by atoms with Crippen LogP contribution in [0.2, 0.25) is 0 Å². The van der Waals surface area contributed by atoms with Gasteiger partial charge in [0.05, 0.1) is 21.3 Å². The lowest BCUT2D eigenvalue weighted by Crippen LogP contribution is -1.90. The van der Waals surface area contributed by atoms with E-state index in [4.69, 9.17) is 19.6 Å². The normalized spacial score (nSPS) is 9.00. The SMILES string of the molecule is COc1cc(OC)c([N+]#N)c(OC)c1. The minimum absolute atomic E-state index is 0.246. The van der Waals surface area contributed by atoms with Gasteiger partial charge in [-0.25, -0.2) is 0 Å². The standard InChI is InChI=1S/C9H11N2O3/c1-12-6-4-7(13-2)9(11-10)8(5-6)14-3/h4-5H,1-3H3/q+1. The van der Waals surface area contributed by atoms with Crippen molar-refractivity contribution in [2.45, 2.75) is 0 Å². The van der Waals surface area contributed by atoms with Crippen molar-refractivity contribution in [2.24, 2.45) is 0 Å². The fourth-order valence-electron chi connectivity index (χ4n) is 1.09. The van der Waals surface area contributed by atoms with Crippen LogP contribution in [0, 0.1) is 5.39 Å². The number of benzene rings is 1. The van der Waals surface area contributed by atoms with Crippen molar-refractivity contribution >= 4 is 5.69 Å². The number of ether oxygens (including phenoxy) is 3. The minimum atomic E-state index is 0.246. The number of diazo groups is 1. The van der Waals surface area contributed by atoms with Crippen LogP contribution < -0.4 is 14.2 Å². The van der Waals surface area contributed by atoms with Crippen molar-refractivity contribution in [1.82, 2.24) is 0 Å². The van der Waals surface area contributed by atoms with Gasteiger partial charge in [0.15, 0.2) is 4.98 Å². The summed E-state index contributed by atoms with van der Waals surface area (Å²) in [6.45, 7) is 0. The molecule has 5 heteroatoms. The van der Waals surface area contributed by atoms with Gasteiger partial charge in [-0.05, 0) is 0 Å². The summed E-state index contributed by atoms with van der Waals surface area (Å²) in [6, 6.07) is 3.22. The summed E-state index contributed by atoms with van der Waals surface area (Å²) in [5.74, 6) is 1.36. The fraction of sp³-hybridized carbons (Fsp3) is 0.333. The van der Waals surface area contributed by atoms with Gasteiger partial charge in [0.25, 0.3) is 0 Å². The first kappa shape index (κ1) is 10.1. The maximum atomic E-state index is 8.75. The number of methoxy groups -OCH3 is 3. The first-order valence-electron chi connectivity index (χ1n) is 3.92. The number of hydrogen-bond acceptors (Lipinski definition) is 4. The van der Waals surface area contributed by atoms with Crippen LogP contribution in [0.5, 0.6) is 17.2 Å². The van der Waals surface area contributed by atoms with Crippen LogP contribution in [0.15, 0.2) is 12.1 Å². The summed E-state index contributed by atoms with van der Waals surface area (Å²) in [5.41, 5.74) is 0.246. The second-order valence-corrected chi connectivity index (χ2v) is 2.48. The third-order valence-corrected chi connectivity index (χ3v) is 1.79. The molecule has 0 saturated heterocycles. The van der Waals surface area contributed by atoms with Gasteiger partial charge >= 0.3 is 5.69 Å². The lowest BCUT2D eigenvalue weighted by Gasteiger charge is -2.04. The fourth-order valence-corrected chi connectivity index (χ4v) is 1.09. The monoisotopic (exact) mass is 195 g/mol. The molecular weight excluding hydrogens is 184 g/mol. The Morgan fingerprint density at radius 2 is 1.50 bits per heavy atom. The molecule has 0 aliphatic heterocycles. The molecule has 0 atom stereocenters. The van der Waals surface area contributed by atoms with E-state index in [0.717, 1.165) is 0 Å². The van der Waals surface area contributed by atoms with E-state index in [2.05, 4.69) is 4.98 Å². The molecule has 0 fully saturated rings. The zero-order valence-electron chi connectivity index (χ0n) is 8.27. The first-order chi connectivity index (χ1) is 6.76. The van der Waals surface area contributed by atoms with Crippen LogP contribution >= 0.6 is 0 Å². The summed E-state index contributed by atoms with van der Waals surface area (Å²) >= 11 is 0. The summed E-state index contributed by atoms with van der Waals surface area (Å²) in [5, 5.41) is 8.75. The van der Waals surface area contributed by atoms with E-state index in [0.29, 0.717) is 17.2 Å². The molecule has 0 unspecified atom stereocenters. The highest BCUT2D eigenvalue weighted by Gasteiger charge is 2.23. The topological polar surface area (TPSA) is 55.8 Å². The second kappa shape index (κ2) is 4.33. The summed E-state index contributed by atoms with van der Waals surface area (Å²) in [6.07, 6.45) is 0. The Morgan fingerprint density at radius 3 is 1.79 bits per heavy atom. The Bertz CT molecular complexity index is 346. The molecule has 0 heterocycles. The van der Waals surface area contributed by atoms with Crippen LogP contribution in [-0.4, -0.2) is 21.3 Å². The molecule has 1 rings (SSSR count). The number of rotatable bonds is 3. The van der Waals surface area contributed by atoms with Crippen LogP contribution in [0.4, 0.5) is 5.69 Å². The maximum absolute atomic E-state index is 8.75. The van der Waals surface area contributed by atoms with E-state index in [9.17, 15) is 0 Å². The Hall–Kier alpha value is -1.96. The van der Waals surface area contributed by atoms with Gasteiger partial charge in [-0.1, -0.05) is 0 Å². The van der Waals surface area contributed by atoms with E-state index in [1.807, 2.05) is 0 Å². The molecule has 0 radical (unpaired) electrons. The van der Waals surface area contributed by atoms with Crippen molar-refractivity contribution in [3.63, 3.8) is 0 Å². The van der Waals surface area contributed by atoms with Crippen LogP contribution in [0.3, 0.4) is 0 Å². The molecule has 0 bridgehead atoms. The lowest BCUT2D eigenvalue weighted by molar-refractivity contribution is 0.378. The lowest BCUT2D eigenvalue weighted by atomic mass is 10.2. The average molecular weight is 195 g/mol. The number of nitrogens with zero attached hydrogens (tertiary/aromatic N) is 2. The highest BCUT2D eigenvalue weighted by atomic mass is 16.5. The van der Waals surface area contributed by atoms with Crippen LogP contribution in [0.1, 0.15) is 0 Å². The predicted octanol–water partition coefficient (Wildman–Crippen LogP) is 2.20. The molecule has 74 valence electrons. The molecule has 0 aromatic heterocycles. The molecule has 1 aromatic carbocycles. The third-order valence-electron chi connectivity index (χ3n) is 1.79. The molecule has 0 aliphatic rings. The van der Waals surface area contributed by atoms with Gasteiger partial charge in [-0.3, -0.25) is 0 Å². The molecule has 1 aromatic rings. The molecule has 5 nitrogen and oxygen atoms in total. The quantitative estimate of drug-likeness (QED) is 0.694. The van der Waals surface area contributed by atoms with E-state index in [-0.39, 0.29) is 5.69 Å². The van der Waals surface area contributed by atoms with E-state index in [1.165, 1.54) is 21.3 Å². The van der Waals surface area contributed by atoms with Gasteiger partial charge in [0.2, 0.25) is 16.9 Å². The Labute approximate surface area is 81.8 Å². The summed E-state index contributed by atoms with van der Waals surface area (Å²) in [7, 11) is 4.48. The maximum Gasteiger partial charge on any atom is 0.467 e. The van der Waals surface area contributed by atoms with Gasteiger partial charge in [-0.2, -0.15) is 0 Å². The van der Waals surface area contributed by atoms with Crippen LogP contribution in [-0.2, 0) is 0 Å². The molecule has 0 N–H and O–H groups in total. The summed E-state index contributed by atoms with van der Waals surface area (Å²) in [4.78, 5) is 3.08. The molecule has 0 amide bonds.